The molecule has 9 fully saturated rings. The summed E-state index contributed by atoms with van der Waals surface area (Å²) in [6.45, 7) is 42.4. The van der Waals surface area contributed by atoms with Gasteiger partial charge in [-0.2, -0.15) is 0 Å². The molecule has 0 aliphatic heterocycles. The Labute approximate surface area is 734 Å². The third-order valence-electron chi connectivity index (χ3n) is 25.3. The van der Waals surface area contributed by atoms with Gasteiger partial charge in [0.05, 0.1) is 36.6 Å². The first-order valence-electron chi connectivity index (χ1n) is 37.2. The Kier molecular flexibility index (Phi) is 49.7. The van der Waals surface area contributed by atoms with Crippen LogP contribution >= 0.6 is 0 Å². The fourth-order valence-electron chi connectivity index (χ4n) is 19.9. The zero-order valence-corrected chi connectivity index (χ0v) is 79.9. The Morgan fingerprint density at radius 1 is 0.400 bits per heavy atom. The Morgan fingerprint density at radius 2 is 0.674 bits per heavy atom. The Morgan fingerprint density at radius 3 is 0.968 bits per heavy atom. The van der Waals surface area contributed by atoms with Gasteiger partial charge in [0.15, 0.2) is 0 Å². The number of rotatable bonds is 18. The van der Waals surface area contributed by atoms with Gasteiger partial charge >= 0.3 is 0 Å². The van der Waals surface area contributed by atoms with Crippen LogP contribution in [0, 0.1) is 87.3 Å². The first-order chi connectivity index (χ1) is 42.0. The van der Waals surface area contributed by atoms with E-state index in [1.54, 1.807) is 11.1 Å². The summed E-state index contributed by atoms with van der Waals surface area (Å²) < 4.78 is 0. The van der Waals surface area contributed by atoms with Crippen molar-refractivity contribution in [1.82, 2.24) is 0 Å². The summed E-state index contributed by atoms with van der Waals surface area (Å²) in [6.07, 6.45) is 43.8. The smallest absolute Gasteiger partial charge is 0.136 e. The molecule has 0 amide bonds. The van der Waals surface area contributed by atoms with E-state index in [9.17, 15) is 35.4 Å². The molecule has 9 rings (SSSR count). The summed E-state index contributed by atoms with van der Waals surface area (Å²) in [6, 6.07) is 0. The average Bonchev–Trinajstić information content (AvgIpc) is 1.64. The Bertz CT molecular complexity index is 2320. The van der Waals surface area contributed by atoms with E-state index in [2.05, 4.69) is 140 Å². The first kappa shape index (κ1) is 99.0. The van der Waals surface area contributed by atoms with E-state index in [-0.39, 0.29) is 196 Å². The van der Waals surface area contributed by atoms with E-state index in [1.807, 2.05) is 0 Å². The van der Waals surface area contributed by atoms with Crippen LogP contribution < -0.4 is 0 Å². The van der Waals surface area contributed by atoms with E-state index in [0.717, 1.165) is 101 Å². The monoisotopic (exact) mass is 1770 g/mol. The van der Waals surface area contributed by atoms with E-state index >= 15 is 0 Å². The van der Waals surface area contributed by atoms with Crippen molar-refractivity contribution in [3.8, 4) is 0 Å². The molecule has 0 spiro atoms. The molecule has 3 unspecified atom stereocenters. The van der Waals surface area contributed by atoms with Crippen molar-refractivity contribution in [2.75, 3.05) is 0 Å². The topological polar surface area (TPSA) is 138 Å². The molecule has 0 aromatic rings. The molecule has 7 nitrogen and oxygen atoms in total. The molecule has 18 atom stereocenters. The standard InChI is InChI=1S/2C27H44O2.C18H32O.C10H16O2.6Y/c2*1-18(2)8-6-9-19(3)23-13-14-24-22(10-7-15-27(23,24)5)12-11-21-16-25(28)20(4)26(29)17-21;1-13(2)7-5-8-14(3)15-10-11-16-17(19)9-6-12-18(15,16)4;1-3-4-8-5-9(11)7(2)10(12)6-8;;;;;;/h2*11-12,18-19,23-26,28-29H,4,6-10,13-17H2,1-3,5H3;13-16H,5-12H2,1-4H3;4,9-12H,2-3,5-6H2,1H3;;;;;;/b2*22-12+;;;;;;;;/t2*19-,23?,24-,25+,26+,27+;14-,15?,16-,18+;9-,10-;;;;;;/m0001....../s1. The normalized spacial score (nSPS) is 34.3. The van der Waals surface area contributed by atoms with Gasteiger partial charge in [-0.25, -0.2) is 0 Å². The van der Waals surface area contributed by atoms with Crippen molar-refractivity contribution in [1.29, 1.82) is 0 Å². The predicted octanol–water partition coefficient (Wildman–Crippen LogP) is 19.8. The fourth-order valence-corrected chi connectivity index (χ4v) is 19.9. The van der Waals surface area contributed by atoms with Gasteiger partial charge in [0.1, 0.15) is 5.78 Å². The summed E-state index contributed by atoms with van der Waals surface area (Å²) in [7, 11) is 0. The van der Waals surface area contributed by atoms with Crippen LogP contribution in [0.3, 0.4) is 0 Å². The van der Waals surface area contributed by atoms with E-state index in [4.69, 9.17) is 0 Å². The van der Waals surface area contributed by atoms with Crippen LogP contribution in [0.1, 0.15) is 289 Å². The largest absolute Gasteiger partial charge is 0.388 e. The molecule has 9 saturated carbocycles. The van der Waals surface area contributed by atoms with Gasteiger partial charge in [0.2, 0.25) is 0 Å². The third-order valence-corrected chi connectivity index (χ3v) is 25.3. The van der Waals surface area contributed by atoms with Crippen LogP contribution in [0.25, 0.3) is 0 Å². The van der Waals surface area contributed by atoms with Crippen LogP contribution in [-0.2, 0) is 201 Å². The first-order valence-corrected chi connectivity index (χ1v) is 37.2. The van der Waals surface area contributed by atoms with E-state index in [1.165, 1.54) is 141 Å². The van der Waals surface area contributed by atoms with Crippen molar-refractivity contribution >= 4 is 5.78 Å². The zero-order chi connectivity index (χ0) is 65.5. The minimum absolute atomic E-state index is 0. The quantitative estimate of drug-likeness (QED) is 0.0752. The minimum Gasteiger partial charge on any atom is -0.388 e. The number of carbonyl (C=O) groups excluding carboxylic acids is 1. The van der Waals surface area contributed by atoms with Gasteiger partial charge in [0, 0.05) is 209 Å². The van der Waals surface area contributed by atoms with Crippen molar-refractivity contribution in [2.45, 2.75) is 326 Å². The Balaban J connectivity index is 0.00000127. The molecule has 13 heteroatoms. The minimum atomic E-state index is -0.595. The van der Waals surface area contributed by atoms with Gasteiger partial charge in [-0.3, -0.25) is 4.79 Å². The van der Waals surface area contributed by atoms with Crippen LogP contribution in [0.15, 0.2) is 94.7 Å². The fraction of sp³-hybridized carbons (Fsp3) is 0.793. The predicted molar refractivity (Wildman–Crippen MR) is 375 cm³/mol. The van der Waals surface area contributed by atoms with Gasteiger partial charge in [-0.15, -0.1) is 0 Å². The van der Waals surface area contributed by atoms with Gasteiger partial charge < -0.3 is 30.6 Å². The molecule has 9 aliphatic carbocycles. The molecule has 0 saturated heterocycles. The van der Waals surface area contributed by atoms with Crippen LogP contribution in [0.2, 0.25) is 0 Å². The summed E-state index contributed by atoms with van der Waals surface area (Å²) in [5.74, 6) is 9.87. The maximum atomic E-state index is 12.2. The summed E-state index contributed by atoms with van der Waals surface area (Å²) in [4.78, 5) is 12.2. The third kappa shape index (κ3) is 28.2. The van der Waals surface area contributed by atoms with Crippen molar-refractivity contribution in [3.63, 3.8) is 0 Å². The summed E-state index contributed by atoms with van der Waals surface area (Å²) >= 11 is 0. The van der Waals surface area contributed by atoms with Crippen LogP contribution in [0.5, 0.6) is 0 Å². The maximum Gasteiger partial charge on any atom is 0.136 e. The zero-order valence-electron chi connectivity index (χ0n) is 62.9. The van der Waals surface area contributed by atoms with Gasteiger partial charge in [0.25, 0.3) is 0 Å². The second kappa shape index (κ2) is 47.7. The molecule has 9 aliphatic rings. The number of allylic oxidation sites excluding steroid dienone is 7. The molecule has 6 radical (unpaired) electrons. The molecule has 0 aromatic carbocycles. The number of hydrogen-bond donors (Lipinski definition) is 6. The molecule has 0 heterocycles. The van der Waals surface area contributed by atoms with E-state index in [0.29, 0.717) is 83.2 Å². The number of fused-ring (bicyclic) bond motifs is 3. The Hall–Kier alpha value is 3.97. The number of ketones is 1. The molecular weight excluding hydrogens is 1630 g/mol. The maximum absolute atomic E-state index is 12.2. The molecule has 95 heavy (non-hydrogen) atoms. The number of Topliss-reactive ketones (excluding diaryl/α,β-unsaturated/α-hetero) is 1. The molecule has 6 N–H and O–H groups in total. The number of aliphatic hydroxyl groups excluding tert-OH is 6. The SMILES string of the molecule is C=C1[C@H](O)CC(=C/C=C2\CCC[C@]3(C)C([C@@H](C)CCCC(C)C)CC[C@@H]23)C[C@H]1O.C=C1[C@H](O)CC(=C/C=C2\CCC[C@]3(C)C([C@@H](C)CCCC(C)C)CC[C@@H]23)C[C@H]1O.C=C1[C@H](O)CC(=CCC)C[C@H]1O.CC(C)CCC[C@H](C)C1CC[C@H]2C(=O)CCC[C@]12C.[Y].[Y].[Y].[Y].[Y].[Y]. The molecule has 524 valence electrons. The summed E-state index contributed by atoms with van der Waals surface area (Å²) in [5, 5.41) is 59.4. The van der Waals surface area contributed by atoms with Crippen molar-refractivity contribution in [2.24, 2.45) is 87.3 Å². The van der Waals surface area contributed by atoms with Crippen molar-refractivity contribution in [3.05, 3.63) is 94.7 Å². The van der Waals surface area contributed by atoms with Crippen molar-refractivity contribution < 1.29 is 232 Å². The van der Waals surface area contributed by atoms with Crippen LogP contribution in [-0.4, -0.2) is 73.0 Å². The number of hydrogen-bond acceptors (Lipinski definition) is 7. The second-order valence-corrected chi connectivity index (χ2v) is 33.1. The van der Waals surface area contributed by atoms with E-state index < -0.39 is 36.6 Å². The number of aliphatic hydroxyl groups is 6. The molecule has 0 bridgehead atoms. The van der Waals surface area contributed by atoms with Gasteiger partial charge in [-0.1, -0.05) is 226 Å². The average molecular weight is 1770 g/mol. The number of carbonyl (C=O) groups is 1. The van der Waals surface area contributed by atoms with Crippen LogP contribution in [0.4, 0.5) is 0 Å². The van der Waals surface area contributed by atoms with Gasteiger partial charge in [-0.05, 0) is 233 Å². The molecular formula is C82H136O7Y6. The second-order valence-electron chi connectivity index (χ2n) is 33.1. The summed E-state index contributed by atoms with van der Waals surface area (Å²) in [5.41, 5.74) is 9.67. The molecule has 0 aromatic heterocycles.